The highest BCUT2D eigenvalue weighted by molar-refractivity contribution is 6.31. The van der Waals surface area contributed by atoms with E-state index in [-0.39, 0.29) is 13.3 Å². The summed E-state index contributed by atoms with van der Waals surface area (Å²) in [5.74, 6) is -1.10. The second-order valence-electron chi connectivity index (χ2n) is 3.50. The summed E-state index contributed by atoms with van der Waals surface area (Å²) in [6, 6.07) is 5.45. The Labute approximate surface area is 97.1 Å². The van der Waals surface area contributed by atoms with E-state index in [1.54, 1.807) is 6.07 Å². The predicted molar refractivity (Wildman–Crippen MR) is 56.9 cm³/mol. The number of ether oxygens (including phenoxy) is 2. The van der Waals surface area contributed by atoms with E-state index in [1.807, 2.05) is 12.1 Å². The smallest absolute Gasteiger partial charge is 0.394 e. The van der Waals surface area contributed by atoms with Gasteiger partial charge in [0.05, 0.1) is 0 Å². The van der Waals surface area contributed by atoms with E-state index in [0.29, 0.717) is 17.9 Å². The number of amides is 1. The number of rotatable bonds is 3. The maximum absolute atomic E-state index is 10.8. The highest BCUT2D eigenvalue weighted by Gasteiger charge is 2.13. The average molecular weight is 237 g/mol. The Kier molecular flexibility index (Phi) is 3.13. The van der Waals surface area contributed by atoms with Gasteiger partial charge in [0.25, 0.3) is 0 Å². The molecule has 0 atom stereocenters. The normalized spacial score (nSPS) is 12.2. The van der Waals surface area contributed by atoms with Crippen LogP contribution < -0.4 is 14.8 Å². The first-order valence-electron chi connectivity index (χ1n) is 5.06. The number of benzene rings is 1. The largest absolute Gasteiger partial charge is 0.474 e. The first kappa shape index (κ1) is 11.3. The number of aliphatic carboxylic acids is 1. The molecule has 1 aliphatic heterocycles. The van der Waals surface area contributed by atoms with Crippen LogP contribution in [0.3, 0.4) is 0 Å². The van der Waals surface area contributed by atoms with Gasteiger partial charge >= 0.3 is 11.9 Å². The van der Waals surface area contributed by atoms with Crippen molar-refractivity contribution in [1.29, 1.82) is 0 Å². The molecule has 0 aromatic heterocycles. The molecule has 0 aliphatic carbocycles. The standard InChI is InChI=1S/C11H11NO5/c13-10(11(14)15)12-4-3-7-1-2-8-9(5-7)17-6-16-8/h1-2,5H,3-4,6H2,(H,12,13)(H,14,15). The number of nitrogens with one attached hydrogen (secondary N) is 1. The third-order valence-electron chi connectivity index (χ3n) is 2.33. The van der Waals surface area contributed by atoms with Crippen LogP contribution in [0.4, 0.5) is 0 Å². The van der Waals surface area contributed by atoms with Gasteiger partial charge in [-0.15, -0.1) is 0 Å². The highest BCUT2D eigenvalue weighted by atomic mass is 16.7. The van der Waals surface area contributed by atoms with Gasteiger partial charge in [0.2, 0.25) is 6.79 Å². The van der Waals surface area contributed by atoms with Crippen LogP contribution in [0.25, 0.3) is 0 Å². The molecule has 1 aliphatic rings. The van der Waals surface area contributed by atoms with Crippen molar-refractivity contribution in [1.82, 2.24) is 5.32 Å². The van der Waals surface area contributed by atoms with Gasteiger partial charge in [-0.2, -0.15) is 0 Å². The molecular formula is C11H11NO5. The maximum atomic E-state index is 10.8. The van der Waals surface area contributed by atoms with Crippen molar-refractivity contribution in [3.05, 3.63) is 23.8 Å². The van der Waals surface area contributed by atoms with Crippen LogP contribution in [-0.4, -0.2) is 30.3 Å². The molecule has 0 unspecified atom stereocenters. The van der Waals surface area contributed by atoms with Crippen molar-refractivity contribution in [2.45, 2.75) is 6.42 Å². The first-order valence-corrected chi connectivity index (χ1v) is 5.06. The Morgan fingerprint density at radius 1 is 1.29 bits per heavy atom. The molecule has 0 radical (unpaired) electrons. The summed E-state index contributed by atoms with van der Waals surface area (Å²) in [6.45, 7) is 0.485. The molecule has 0 bridgehead atoms. The summed E-state index contributed by atoms with van der Waals surface area (Å²) in [7, 11) is 0. The highest BCUT2D eigenvalue weighted by Crippen LogP contribution is 2.32. The lowest BCUT2D eigenvalue weighted by molar-refractivity contribution is -0.150. The molecule has 0 saturated carbocycles. The van der Waals surface area contributed by atoms with Crippen molar-refractivity contribution in [3.63, 3.8) is 0 Å². The number of hydrogen-bond donors (Lipinski definition) is 2. The van der Waals surface area contributed by atoms with Crippen LogP contribution in [0.1, 0.15) is 5.56 Å². The van der Waals surface area contributed by atoms with Crippen LogP contribution in [0, 0.1) is 0 Å². The summed E-state index contributed by atoms with van der Waals surface area (Å²) in [6.07, 6.45) is 0.537. The predicted octanol–water partition coefficient (Wildman–Crippen LogP) is 0.159. The Bertz CT molecular complexity index is 457. The molecule has 6 heteroatoms. The molecule has 6 nitrogen and oxygen atoms in total. The summed E-state index contributed by atoms with van der Waals surface area (Å²) in [5, 5.41) is 10.6. The number of carboxylic acids is 1. The molecule has 0 saturated heterocycles. The Morgan fingerprint density at radius 2 is 2.06 bits per heavy atom. The molecule has 17 heavy (non-hydrogen) atoms. The molecule has 2 N–H and O–H groups in total. The van der Waals surface area contributed by atoms with Gasteiger partial charge in [0.15, 0.2) is 11.5 Å². The fourth-order valence-electron chi connectivity index (χ4n) is 1.49. The molecule has 90 valence electrons. The number of hydrogen-bond acceptors (Lipinski definition) is 4. The number of carbonyl (C=O) groups excluding carboxylic acids is 1. The van der Waals surface area contributed by atoms with Crippen molar-refractivity contribution in [2.75, 3.05) is 13.3 Å². The van der Waals surface area contributed by atoms with E-state index in [1.165, 1.54) is 0 Å². The molecular weight excluding hydrogens is 226 g/mol. The summed E-state index contributed by atoms with van der Waals surface area (Å²) >= 11 is 0. The van der Waals surface area contributed by atoms with Crippen molar-refractivity contribution >= 4 is 11.9 Å². The third-order valence-corrected chi connectivity index (χ3v) is 2.33. The van der Waals surface area contributed by atoms with Crippen molar-refractivity contribution in [3.8, 4) is 11.5 Å². The van der Waals surface area contributed by atoms with Gasteiger partial charge in [0, 0.05) is 6.54 Å². The van der Waals surface area contributed by atoms with Gasteiger partial charge in [-0.05, 0) is 24.1 Å². The summed E-state index contributed by atoms with van der Waals surface area (Å²) in [5.41, 5.74) is 0.944. The van der Waals surface area contributed by atoms with Gasteiger partial charge in [-0.1, -0.05) is 6.07 Å². The quantitative estimate of drug-likeness (QED) is 0.731. The minimum absolute atomic E-state index is 0.217. The monoisotopic (exact) mass is 237 g/mol. The van der Waals surface area contributed by atoms with Crippen LogP contribution in [0.15, 0.2) is 18.2 Å². The van der Waals surface area contributed by atoms with Gasteiger partial charge in [-0.25, -0.2) is 4.79 Å². The Morgan fingerprint density at radius 3 is 2.82 bits per heavy atom. The fourth-order valence-corrected chi connectivity index (χ4v) is 1.49. The van der Waals surface area contributed by atoms with E-state index in [0.717, 1.165) is 5.56 Å². The van der Waals surface area contributed by atoms with Gasteiger partial charge in [0.1, 0.15) is 0 Å². The zero-order valence-electron chi connectivity index (χ0n) is 8.93. The Hall–Kier alpha value is -2.24. The second-order valence-corrected chi connectivity index (χ2v) is 3.50. The molecule has 0 fully saturated rings. The molecule has 1 heterocycles. The number of carbonyl (C=O) groups is 2. The van der Waals surface area contributed by atoms with Gasteiger partial charge < -0.3 is 19.9 Å². The lowest BCUT2D eigenvalue weighted by atomic mass is 10.1. The summed E-state index contributed by atoms with van der Waals surface area (Å²) < 4.78 is 10.4. The van der Waals surface area contributed by atoms with E-state index >= 15 is 0 Å². The molecule has 1 amide bonds. The topological polar surface area (TPSA) is 84.9 Å². The molecule has 2 rings (SSSR count). The number of carboxylic acid groups (broad SMARTS) is 1. The van der Waals surface area contributed by atoms with Crippen LogP contribution >= 0.6 is 0 Å². The molecule has 0 spiro atoms. The second kappa shape index (κ2) is 4.73. The first-order chi connectivity index (χ1) is 8.16. The van der Waals surface area contributed by atoms with E-state index < -0.39 is 11.9 Å². The minimum atomic E-state index is -1.48. The number of fused-ring (bicyclic) bond motifs is 1. The molecule has 1 aromatic carbocycles. The lowest BCUT2D eigenvalue weighted by Crippen LogP contribution is -2.32. The van der Waals surface area contributed by atoms with E-state index in [4.69, 9.17) is 14.6 Å². The minimum Gasteiger partial charge on any atom is -0.474 e. The van der Waals surface area contributed by atoms with Crippen LogP contribution in [0.5, 0.6) is 11.5 Å². The lowest BCUT2D eigenvalue weighted by Gasteiger charge is -2.03. The van der Waals surface area contributed by atoms with Gasteiger partial charge in [-0.3, -0.25) is 4.79 Å². The third kappa shape index (κ3) is 2.66. The van der Waals surface area contributed by atoms with Crippen LogP contribution in [0.2, 0.25) is 0 Å². The zero-order chi connectivity index (χ0) is 12.3. The molecule has 1 aromatic rings. The SMILES string of the molecule is O=C(O)C(=O)NCCc1ccc2c(c1)OCO2. The van der Waals surface area contributed by atoms with Crippen molar-refractivity contribution in [2.24, 2.45) is 0 Å². The zero-order valence-corrected chi connectivity index (χ0v) is 8.93. The van der Waals surface area contributed by atoms with Crippen molar-refractivity contribution < 1.29 is 24.2 Å². The summed E-state index contributed by atoms with van der Waals surface area (Å²) in [4.78, 5) is 21.0. The van der Waals surface area contributed by atoms with Crippen LogP contribution in [-0.2, 0) is 16.0 Å². The van der Waals surface area contributed by atoms with E-state index in [9.17, 15) is 9.59 Å². The fraction of sp³-hybridized carbons (Fsp3) is 0.273. The van der Waals surface area contributed by atoms with E-state index in [2.05, 4.69) is 5.32 Å². The average Bonchev–Trinajstić information content (AvgIpc) is 2.75. The Balaban J connectivity index is 1.87. The maximum Gasteiger partial charge on any atom is 0.394 e.